The third-order valence-electron chi connectivity index (χ3n) is 1.99. The molecular weight excluding hydrogens is 168 g/mol. The van der Waals surface area contributed by atoms with Gasteiger partial charge in [-0.05, 0) is 12.0 Å². The Morgan fingerprint density at radius 3 is 2.54 bits per heavy atom. The second kappa shape index (κ2) is 5.48. The van der Waals surface area contributed by atoms with E-state index >= 15 is 0 Å². The minimum Gasteiger partial charge on any atom is -0.320 e. The lowest BCUT2D eigenvalue weighted by Crippen LogP contribution is -2.46. The van der Waals surface area contributed by atoms with Crippen molar-refractivity contribution in [1.82, 2.24) is 5.32 Å². The van der Waals surface area contributed by atoms with Crippen molar-refractivity contribution in [3.63, 3.8) is 0 Å². The summed E-state index contributed by atoms with van der Waals surface area (Å²) in [6.45, 7) is 7.03. The topological polar surface area (TPSA) is 72.2 Å². The van der Waals surface area contributed by atoms with Crippen LogP contribution in [0.5, 0.6) is 0 Å². The van der Waals surface area contributed by atoms with E-state index in [-0.39, 0.29) is 5.92 Å². The Morgan fingerprint density at radius 2 is 2.15 bits per heavy atom. The molecule has 2 amide bonds. The van der Waals surface area contributed by atoms with Crippen LogP contribution >= 0.6 is 0 Å². The van der Waals surface area contributed by atoms with E-state index in [2.05, 4.69) is 11.9 Å². The first-order valence-electron chi connectivity index (χ1n) is 4.25. The SMILES string of the molecule is C=CC(=O)NC(=O)C(N)C(C)CC. The Kier molecular flexibility index (Phi) is 4.99. The zero-order valence-electron chi connectivity index (χ0n) is 8.04. The monoisotopic (exact) mass is 184 g/mol. The van der Waals surface area contributed by atoms with Crippen molar-refractivity contribution >= 4 is 11.8 Å². The van der Waals surface area contributed by atoms with E-state index in [0.29, 0.717) is 0 Å². The number of nitrogens with two attached hydrogens (primary N) is 1. The molecule has 0 saturated carbocycles. The fourth-order valence-corrected chi connectivity index (χ4v) is 0.768. The number of hydrogen-bond donors (Lipinski definition) is 2. The van der Waals surface area contributed by atoms with Gasteiger partial charge in [-0.1, -0.05) is 26.8 Å². The van der Waals surface area contributed by atoms with Gasteiger partial charge in [0, 0.05) is 0 Å². The number of amides is 2. The van der Waals surface area contributed by atoms with Gasteiger partial charge in [-0.25, -0.2) is 0 Å². The molecule has 0 rings (SSSR count). The fourth-order valence-electron chi connectivity index (χ4n) is 0.768. The summed E-state index contributed by atoms with van der Waals surface area (Å²) in [5.41, 5.74) is 5.58. The molecule has 0 spiro atoms. The maximum absolute atomic E-state index is 11.2. The molecule has 0 aliphatic heterocycles. The molecule has 0 fully saturated rings. The quantitative estimate of drug-likeness (QED) is 0.612. The predicted octanol–water partition coefficient (Wildman–Crippen LogP) is 0.189. The number of carbonyl (C=O) groups is 2. The smallest absolute Gasteiger partial charge is 0.249 e. The Balaban J connectivity index is 4.10. The summed E-state index contributed by atoms with van der Waals surface area (Å²) in [4.78, 5) is 21.9. The molecule has 0 aromatic carbocycles. The minimum atomic E-state index is -0.631. The molecule has 0 radical (unpaired) electrons. The lowest BCUT2D eigenvalue weighted by molar-refractivity contribution is -0.129. The molecule has 0 heterocycles. The highest BCUT2D eigenvalue weighted by molar-refractivity contribution is 6.02. The van der Waals surface area contributed by atoms with Crippen LogP contribution in [0.15, 0.2) is 12.7 Å². The van der Waals surface area contributed by atoms with Crippen LogP contribution in [0.3, 0.4) is 0 Å². The summed E-state index contributed by atoms with van der Waals surface area (Å²) in [7, 11) is 0. The molecule has 0 bridgehead atoms. The molecule has 0 aliphatic rings. The highest BCUT2D eigenvalue weighted by Gasteiger charge is 2.19. The van der Waals surface area contributed by atoms with Crippen molar-refractivity contribution in [1.29, 1.82) is 0 Å². The van der Waals surface area contributed by atoms with Crippen LogP contribution in [0.1, 0.15) is 20.3 Å². The molecule has 0 saturated heterocycles. The lowest BCUT2D eigenvalue weighted by atomic mass is 9.99. The first-order chi connectivity index (χ1) is 6.02. The van der Waals surface area contributed by atoms with Gasteiger partial charge in [0.05, 0.1) is 6.04 Å². The Bertz CT molecular complexity index is 214. The molecule has 74 valence electrons. The van der Waals surface area contributed by atoms with E-state index in [0.717, 1.165) is 12.5 Å². The fraction of sp³-hybridized carbons (Fsp3) is 0.556. The normalized spacial score (nSPS) is 14.4. The van der Waals surface area contributed by atoms with Crippen LogP contribution < -0.4 is 11.1 Å². The van der Waals surface area contributed by atoms with E-state index in [1.807, 2.05) is 13.8 Å². The summed E-state index contributed by atoms with van der Waals surface area (Å²) in [5.74, 6) is -0.888. The van der Waals surface area contributed by atoms with E-state index in [9.17, 15) is 9.59 Å². The van der Waals surface area contributed by atoms with Gasteiger partial charge in [0.25, 0.3) is 0 Å². The summed E-state index contributed by atoms with van der Waals surface area (Å²) >= 11 is 0. The largest absolute Gasteiger partial charge is 0.320 e. The zero-order valence-corrected chi connectivity index (χ0v) is 8.04. The molecule has 4 nitrogen and oxygen atoms in total. The first-order valence-corrected chi connectivity index (χ1v) is 4.25. The maximum Gasteiger partial charge on any atom is 0.249 e. The average Bonchev–Trinajstić information content (AvgIpc) is 2.14. The van der Waals surface area contributed by atoms with E-state index in [1.165, 1.54) is 0 Å². The van der Waals surface area contributed by atoms with Crippen LogP contribution in [0.4, 0.5) is 0 Å². The molecule has 2 unspecified atom stereocenters. The van der Waals surface area contributed by atoms with Gasteiger partial charge in [-0.2, -0.15) is 0 Å². The molecule has 2 atom stereocenters. The van der Waals surface area contributed by atoms with E-state index in [1.54, 1.807) is 0 Å². The molecule has 0 aromatic heterocycles. The second-order valence-electron chi connectivity index (χ2n) is 2.97. The predicted molar refractivity (Wildman–Crippen MR) is 50.8 cm³/mol. The van der Waals surface area contributed by atoms with E-state index < -0.39 is 17.9 Å². The van der Waals surface area contributed by atoms with Gasteiger partial charge >= 0.3 is 0 Å². The van der Waals surface area contributed by atoms with Crippen LogP contribution in [0.25, 0.3) is 0 Å². The Morgan fingerprint density at radius 1 is 1.62 bits per heavy atom. The van der Waals surface area contributed by atoms with Crippen molar-refractivity contribution < 1.29 is 9.59 Å². The number of rotatable bonds is 4. The standard InChI is InChI=1S/C9H16N2O2/c1-4-6(3)8(10)9(13)11-7(12)5-2/h5-6,8H,2,4,10H2,1,3H3,(H,11,12,13). The van der Waals surface area contributed by atoms with Gasteiger partial charge in [0.1, 0.15) is 0 Å². The lowest BCUT2D eigenvalue weighted by Gasteiger charge is -2.16. The number of hydrogen-bond acceptors (Lipinski definition) is 3. The van der Waals surface area contributed by atoms with Gasteiger partial charge in [-0.15, -0.1) is 0 Å². The highest BCUT2D eigenvalue weighted by atomic mass is 16.2. The van der Waals surface area contributed by atoms with Crippen LogP contribution in [0, 0.1) is 5.92 Å². The number of carbonyl (C=O) groups excluding carboxylic acids is 2. The van der Waals surface area contributed by atoms with Crippen molar-refractivity contribution in [2.45, 2.75) is 26.3 Å². The third kappa shape index (κ3) is 3.85. The van der Waals surface area contributed by atoms with Gasteiger partial charge in [0.2, 0.25) is 11.8 Å². The Labute approximate surface area is 78.2 Å². The maximum atomic E-state index is 11.2. The summed E-state index contributed by atoms with van der Waals surface area (Å²) in [5, 5.41) is 2.12. The van der Waals surface area contributed by atoms with Crippen molar-refractivity contribution in [3.8, 4) is 0 Å². The average molecular weight is 184 g/mol. The highest BCUT2D eigenvalue weighted by Crippen LogP contribution is 2.04. The van der Waals surface area contributed by atoms with Crippen molar-refractivity contribution in [2.75, 3.05) is 0 Å². The third-order valence-corrected chi connectivity index (χ3v) is 1.99. The summed E-state index contributed by atoms with van der Waals surface area (Å²) in [6.07, 6.45) is 1.85. The van der Waals surface area contributed by atoms with Gasteiger partial charge in [0.15, 0.2) is 0 Å². The zero-order chi connectivity index (χ0) is 10.4. The van der Waals surface area contributed by atoms with Crippen LogP contribution in [-0.2, 0) is 9.59 Å². The molecule has 13 heavy (non-hydrogen) atoms. The molecule has 3 N–H and O–H groups in total. The second-order valence-corrected chi connectivity index (χ2v) is 2.97. The molecular formula is C9H16N2O2. The summed E-state index contributed by atoms with van der Waals surface area (Å²) < 4.78 is 0. The van der Waals surface area contributed by atoms with Gasteiger partial charge < -0.3 is 5.73 Å². The molecule has 0 aliphatic carbocycles. The van der Waals surface area contributed by atoms with Crippen molar-refractivity contribution in [3.05, 3.63) is 12.7 Å². The van der Waals surface area contributed by atoms with Crippen molar-refractivity contribution in [2.24, 2.45) is 11.7 Å². The first kappa shape index (κ1) is 11.8. The van der Waals surface area contributed by atoms with E-state index in [4.69, 9.17) is 5.73 Å². The minimum absolute atomic E-state index is 0.0672. The molecule has 4 heteroatoms. The molecule has 0 aromatic rings. The Hall–Kier alpha value is -1.16. The van der Waals surface area contributed by atoms with Crippen LogP contribution in [-0.4, -0.2) is 17.9 Å². The van der Waals surface area contributed by atoms with Gasteiger partial charge in [-0.3, -0.25) is 14.9 Å². The van der Waals surface area contributed by atoms with Crippen LogP contribution in [0.2, 0.25) is 0 Å². The number of nitrogens with one attached hydrogen (secondary N) is 1. The summed E-state index contributed by atoms with van der Waals surface area (Å²) in [6, 6.07) is -0.631. The number of imide groups is 1.